The fraction of sp³-hybridized carbons (Fsp3) is 0.714. The molecule has 11 heteroatoms. The van der Waals surface area contributed by atoms with Crippen LogP contribution in [0.25, 0.3) is 0 Å². The Hall–Kier alpha value is -1.74. The van der Waals surface area contributed by atoms with Crippen molar-refractivity contribution in [3.05, 3.63) is 0 Å². The molecule has 0 fully saturated rings. The molecule has 0 saturated carbocycles. The maximum Gasteiger partial charge on any atom is 4.00 e. The Morgan fingerprint density at radius 2 is 0.719 bits per heavy atom. The minimum Gasteiger partial charge on any atom is -0.852 e. The van der Waals surface area contributed by atoms with Crippen LogP contribution in [0.5, 0.6) is 0 Å². The maximum atomic E-state index is 10.4. The van der Waals surface area contributed by atoms with E-state index in [0.29, 0.717) is 38.5 Å². The number of aliphatic carboxylic acids is 3. The first-order chi connectivity index (χ1) is 14.2. The Bertz CT molecular complexity index is 471. The first-order valence-corrected chi connectivity index (χ1v) is 10.0. The molecule has 0 saturated heterocycles. The van der Waals surface area contributed by atoms with Crippen LogP contribution in [-0.2, 0) is 55.0 Å². The molecule has 0 aliphatic carbocycles. The van der Waals surface area contributed by atoms with E-state index in [-0.39, 0.29) is 43.6 Å². The quantitative estimate of drug-likeness (QED) is 0.257. The van der Waals surface area contributed by atoms with Crippen LogP contribution in [0.15, 0.2) is 0 Å². The van der Waals surface area contributed by atoms with Gasteiger partial charge in [0.05, 0.1) is 0 Å². The first kappa shape index (κ1) is 40.6. The second-order valence-corrected chi connectivity index (χ2v) is 6.56. The third kappa shape index (κ3) is 56.6. The smallest absolute Gasteiger partial charge is 0.852 e. The number of ketones is 3. The summed E-state index contributed by atoms with van der Waals surface area (Å²) in [7, 11) is 0. The minimum atomic E-state index is -1.28. The molecule has 182 valence electrons. The van der Waals surface area contributed by atoms with Gasteiger partial charge in [-0.25, -0.2) is 0 Å². The summed E-state index contributed by atoms with van der Waals surface area (Å²) in [5.41, 5.74) is 0. The second kappa shape index (κ2) is 29.3. The van der Waals surface area contributed by atoms with E-state index < -0.39 is 43.3 Å². The van der Waals surface area contributed by atoms with Gasteiger partial charge in [0.15, 0.2) is 0 Å². The maximum absolute atomic E-state index is 10.4. The van der Waals surface area contributed by atoms with Crippen molar-refractivity contribution in [1.82, 2.24) is 0 Å². The Balaban J connectivity index is -0.000000104. The van der Waals surface area contributed by atoms with E-state index in [2.05, 4.69) is 0 Å². The molecule has 0 aromatic heterocycles. The molecule has 10 nitrogen and oxygen atoms in total. The molecular weight excluding hydrogens is 503 g/mol. The number of carbonyl (C=O) groups excluding carboxylic acids is 6. The van der Waals surface area contributed by atoms with Gasteiger partial charge in [-0.05, 0) is 19.3 Å². The van der Waals surface area contributed by atoms with Gasteiger partial charge >= 0.3 is 26.2 Å². The fourth-order valence-corrected chi connectivity index (χ4v) is 1.58. The van der Waals surface area contributed by atoms with Gasteiger partial charge in [-0.1, -0.05) is 34.6 Å². The van der Waals surface area contributed by atoms with Gasteiger partial charge in [0.25, 0.3) is 0 Å². The molecule has 0 atom stereocenters. The van der Waals surface area contributed by atoms with Gasteiger partial charge in [0.1, 0.15) is 17.3 Å². The molecule has 0 unspecified atom stereocenters. The molecule has 0 aromatic rings. The van der Waals surface area contributed by atoms with Crippen molar-refractivity contribution in [2.24, 2.45) is 0 Å². The standard InChI is InChI=1S/3C6H10O3.C3H7O.Zr/c3*1-2-3-5(7)4-6(8)9;1-3(2)4;/h3*2-4H2,1H3,(H,8,9);3H,1-2H3;/q;;;-1;+4/p-3. The molecule has 0 heterocycles. The zero-order valence-corrected chi connectivity index (χ0v) is 22.0. The van der Waals surface area contributed by atoms with Crippen molar-refractivity contribution in [2.45, 2.75) is 98.5 Å². The summed E-state index contributed by atoms with van der Waals surface area (Å²) in [6.45, 7) is 8.70. The minimum absolute atomic E-state index is 0. The topological polar surface area (TPSA) is 195 Å². The molecule has 0 aliphatic heterocycles. The monoisotopic (exact) mass is 536 g/mol. The van der Waals surface area contributed by atoms with Gasteiger partial charge in [0, 0.05) is 56.4 Å². The van der Waals surface area contributed by atoms with E-state index in [1.54, 1.807) is 13.8 Å². The zero-order chi connectivity index (χ0) is 25.4. The van der Waals surface area contributed by atoms with Crippen LogP contribution < -0.4 is 20.4 Å². The van der Waals surface area contributed by atoms with Crippen LogP contribution >= 0.6 is 0 Å². The van der Waals surface area contributed by atoms with E-state index in [9.17, 15) is 49.2 Å². The van der Waals surface area contributed by atoms with Crippen LogP contribution in [0.1, 0.15) is 92.4 Å². The number of carbonyl (C=O) groups is 6. The third-order valence-electron chi connectivity index (χ3n) is 2.61. The molecule has 0 aliphatic rings. The molecule has 0 N–H and O–H groups in total. The van der Waals surface area contributed by atoms with Gasteiger partial charge in [-0.3, -0.25) is 14.4 Å². The molecular formula is C21H34O10Zr. The van der Waals surface area contributed by atoms with E-state index in [4.69, 9.17) is 0 Å². The molecule has 0 amide bonds. The summed E-state index contributed by atoms with van der Waals surface area (Å²) in [5.74, 6) is -4.61. The van der Waals surface area contributed by atoms with Crippen molar-refractivity contribution in [3.8, 4) is 0 Å². The van der Waals surface area contributed by atoms with Gasteiger partial charge < -0.3 is 34.8 Å². The van der Waals surface area contributed by atoms with Crippen molar-refractivity contribution in [2.75, 3.05) is 0 Å². The first-order valence-electron chi connectivity index (χ1n) is 10.0. The van der Waals surface area contributed by atoms with Crippen LogP contribution in [0.2, 0.25) is 0 Å². The molecule has 0 rings (SSSR count). The predicted octanol–water partition coefficient (Wildman–Crippen LogP) is -1.76. The summed E-state index contributed by atoms with van der Waals surface area (Å²) in [5, 5.41) is 38.8. The summed E-state index contributed by atoms with van der Waals surface area (Å²) >= 11 is 0. The Labute approximate surface area is 208 Å². The van der Waals surface area contributed by atoms with Crippen LogP contribution in [0.3, 0.4) is 0 Å². The van der Waals surface area contributed by atoms with Crippen molar-refractivity contribution >= 4 is 35.3 Å². The number of Topliss-reactive ketones (excluding diaryl/α,β-unsaturated/α-hetero) is 3. The summed E-state index contributed by atoms with van der Waals surface area (Å²) in [6, 6.07) is 0. The van der Waals surface area contributed by atoms with E-state index >= 15 is 0 Å². The van der Waals surface area contributed by atoms with Crippen LogP contribution in [-0.4, -0.2) is 41.4 Å². The fourth-order valence-electron chi connectivity index (χ4n) is 1.58. The predicted molar refractivity (Wildman–Crippen MR) is 104 cm³/mol. The summed E-state index contributed by atoms with van der Waals surface area (Å²) in [6.07, 6.45) is 1.40. The van der Waals surface area contributed by atoms with Gasteiger partial charge in [-0.2, -0.15) is 0 Å². The average Bonchev–Trinajstić information content (AvgIpc) is 2.53. The van der Waals surface area contributed by atoms with Crippen molar-refractivity contribution in [3.63, 3.8) is 0 Å². The van der Waals surface area contributed by atoms with E-state index in [1.165, 1.54) is 0 Å². The largest absolute Gasteiger partial charge is 4.00 e. The second-order valence-electron chi connectivity index (χ2n) is 6.56. The SMILES string of the molecule is CC(C)[O-].CCCC(=O)CC(=O)[O-].CCCC(=O)CC(=O)[O-].CCCC(=O)CC(=O)[O-].[Zr+4]. The van der Waals surface area contributed by atoms with E-state index in [1.807, 2.05) is 20.8 Å². The Kier molecular flexibility index (Phi) is 37.1. The van der Waals surface area contributed by atoms with Gasteiger partial charge in [0.2, 0.25) is 0 Å². The molecule has 0 bridgehead atoms. The zero-order valence-electron chi connectivity index (χ0n) is 19.5. The number of carboxylic acid groups (broad SMARTS) is 3. The average molecular weight is 538 g/mol. The van der Waals surface area contributed by atoms with Crippen LogP contribution in [0, 0.1) is 0 Å². The summed E-state index contributed by atoms with van der Waals surface area (Å²) in [4.78, 5) is 60.6. The molecule has 0 radical (unpaired) electrons. The number of hydrogen-bond acceptors (Lipinski definition) is 10. The number of rotatable bonds is 12. The number of carboxylic acids is 3. The normalized spacial score (nSPS) is 8.72. The molecule has 0 aromatic carbocycles. The van der Waals surface area contributed by atoms with Crippen molar-refractivity contribution < 1.29 is 75.4 Å². The molecule has 32 heavy (non-hydrogen) atoms. The number of hydrogen-bond donors (Lipinski definition) is 0. The Morgan fingerprint density at radius 1 is 0.562 bits per heavy atom. The third-order valence-corrected chi connectivity index (χ3v) is 2.61. The van der Waals surface area contributed by atoms with E-state index in [0.717, 1.165) is 0 Å². The Morgan fingerprint density at radius 3 is 0.812 bits per heavy atom. The summed E-state index contributed by atoms with van der Waals surface area (Å²) < 4.78 is 0. The van der Waals surface area contributed by atoms with Gasteiger partial charge in [-0.15, -0.1) is 6.10 Å². The molecule has 0 spiro atoms. The van der Waals surface area contributed by atoms with Crippen molar-refractivity contribution in [1.29, 1.82) is 0 Å². The van der Waals surface area contributed by atoms with Crippen LogP contribution in [0.4, 0.5) is 0 Å².